The van der Waals surface area contributed by atoms with Gasteiger partial charge in [0.05, 0.1) is 17.8 Å². The minimum absolute atomic E-state index is 0.593. The third-order valence-corrected chi connectivity index (χ3v) is 2.67. The van der Waals surface area contributed by atoms with Gasteiger partial charge in [-0.3, -0.25) is 4.98 Å². The second kappa shape index (κ2) is 5.78. The van der Waals surface area contributed by atoms with Crippen LogP contribution in [0.4, 0.5) is 5.82 Å². The van der Waals surface area contributed by atoms with Gasteiger partial charge in [-0.05, 0) is 31.2 Å². The number of rotatable bonds is 4. The number of hydrogen-bond acceptors (Lipinski definition) is 4. The summed E-state index contributed by atoms with van der Waals surface area (Å²) in [4.78, 5) is 10.6. The molecule has 0 N–H and O–H groups in total. The summed E-state index contributed by atoms with van der Waals surface area (Å²) in [7, 11) is 0. The van der Waals surface area contributed by atoms with E-state index in [9.17, 15) is 0 Å². The minimum Gasteiger partial charge on any atom is -0.350 e. The molecule has 0 unspecified atom stereocenters. The zero-order valence-corrected chi connectivity index (χ0v) is 10.2. The number of anilines is 1. The number of hydrogen-bond donors (Lipinski definition) is 0. The van der Waals surface area contributed by atoms with Crippen molar-refractivity contribution in [2.24, 2.45) is 0 Å². The lowest BCUT2D eigenvalue weighted by atomic mass is 10.2. The number of nitriles is 1. The molecule has 2 rings (SSSR count). The molecular formula is C14H14N4. The Bertz CT molecular complexity index is 545. The first-order valence-electron chi connectivity index (χ1n) is 5.85. The van der Waals surface area contributed by atoms with E-state index in [1.54, 1.807) is 24.5 Å². The summed E-state index contributed by atoms with van der Waals surface area (Å²) < 4.78 is 0. The van der Waals surface area contributed by atoms with Crippen molar-refractivity contribution >= 4 is 5.82 Å². The smallest absolute Gasteiger partial charge is 0.146 e. The molecule has 18 heavy (non-hydrogen) atoms. The first-order valence-corrected chi connectivity index (χ1v) is 5.85. The zero-order chi connectivity index (χ0) is 12.8. The van der Waals surface area contributed by atoms with Gasteiger partial charge >= 0.3 is 0 Å². The van der Waals surface area contributed by atoms with Crippen LogP contribution < -0.4 is 4.90 Å². The van der Waals surface area contributed by atoms with Gasteiger partial charge in [0.25, 0.3) is 0 Å². The Morgan fingerprint density at radius 3 is 2.67 bits per heavy atom. The normalized spacial score (nSPS) is 9.78. The Balaban J connectivity index is 2.27. The summed E-state index contributed by atoms with van der Waals surface area (Å²) in [5.41, 5.74) is 1.56. The zero-order valence-electron chi connectivity index (χ0n) is 10.2. The molecule has 0 saturated carbocycles. The molecule has 4 heteroatoms. The van der Waals surface area contributed by atoms with E-state index in [0.717, 1.165) is 12.2 Å². The molecule has 0 atom stereocenters. The van der Waals surface area contributed by atoms with E-state index in [0.29, 0.717) is 17.9 Å². The second-order valence-electron chi connectivity index (χ2n) is 3.82. The third kappa shape index (κ3) is 2.64. The van der Waals surface area contributed by atoms with Crippen molar-refractivity contribution in [1.29, 1.82) is 5.26 Å². The topological polar surface area (TPSA) is 52.8 Å². The van der Waals surface area contributed by atoms with Crippen molar-refractivity contribution in [1.82, 2.24) is 9.97 Å². The summed E-state index contributed by atoms with van der Waals surface area (Å²) in [5.74, 6) is 0.716. The molecule has 0 saturated heterocycles. The average Bonchev–Trinajstić information content (AvgIpc) is 2.46. The van der Waals surface area contributed by atoms with Gasteiger partial charge in [-0.25, -0.2) is 4.98 Å². The third-order valence-electron chi connectivity index (χ3n) is 2.67. The lowest BCUT2D eigenvalue weighted by molar-refractivity contribution is 0.792. The van der Waals surface area contributed by atoms with Crippen LogP contribution in [0.25, 0.3) is 0 Å². The molecular weight excluding hydrogens is 224 g/mol. The van der Waals surface area contributed by atoms with E-state index < -0.39 is 0 Å². The van der Waals surface area contributed by atoms with Crippen molar-refractivity contribution in [3.05, 3.63) is 54.0 Å². The summed E-state index contributed by atoms with van der Waals surface area (Å²) in [5, 5.41) is 9.10. The van der Waals surface area contributed by atoms with E-state index in [-0.39, 0.29) is 0 Å². The fourth-order valence-corrected chi connectivity index (χ4v) is 1.76. The van der Waals surface area contributed by atoms with Gasteiger partial charge < -0.3 is 4.90 Å². The predicted molar refractivity (Wildman–Crippen MR) is 69.9 cm³/mol. The highest BCUT2D eigenvalue weighted by Gasteiger charge is 2.11. The minimum atomic E-state index is 0.593. The summed E-state index contributed by atoms with van der Waals surface area (Å²) in [6, 6.07) is 11.5. The number of pyridine rings is 2. The van der Waals surface area contributed by atoms with Crippen LogP contribution in [0.1, 0.15) is 18.2 Å². The maximum atomic E-state index is 9.10. The molecule has 0 aromatic carbocycles. The van der Waals surface area contributed by atoms with Gasteiger partial charge in [-0.2, -0.15) is 5.26 Å². The molecule has 0 amide bonds. The molecule has 0 bridgehead atoms. The lowest BCUT2D eigenvalue weighted by Gasteiger charge is -2.22. The first-order chi connectivity index (χ1) is 8.85. The van der Waals surface area contributed by atoms with Crippen LogP contribution in [0, 0.1) is 11.3 Å². The average molecular weight is 238 g/mol. The van der Waals surface area contributed by atoms with Crippen LogP contribution in [-0.4, -0.2) is 16.5 Å². The highest BCUT2D eigenvalue weighted by atomic mass is 15.2. The van der Waals surface area contributed by atoms with Crippen molar-refractivity contribution in [2.75, 3.05) is 11.4 Å². The molecule has 0 fully saturated rings. The van der Waals surface area contributed by atoms with Gasteiger partial charge in [0.1, 0.15) is 11.9 Å². The highest BCUT2D eigenvalue weighted by Crippen LogP contribution is 2.17. The summed E-state index contributed by atoms with van der Waals surface area (Å²) in [6.07, 6.45) is 3.48. The van der Waals surface area contributed by atoms with Gasteiger partial charge in [-0.15, -0.1) is 0 Å². The monoisotopic (exact) mass is 238 g/mol. The van der Waals surface area contributed by atoms with E-state index in [1.807, 2.05) is 30.0 Å². The van der Waals surface area contributed by atoms with Gasteiger partial charge in [-0.1, -0.05) is 6.07 Å². The van der Waals surface area contributed by atoms with Gasteiger partial charge in [0, 0.05) is 18.9 Å². The summed E-state index contributed by atoms with van der Waals surface area (Å²) >= 11 is 0. The van der Waals surface area contributed by atoms with E-state index in [2.05, 4.69) is 16.0 Å². The molecule has 90 valence electrons. The molecule has 2 heterocycles. The molecule has 0 aliphatic rings. The molecule has 2 aromatic heterocycles. The van der Waals surface area contributed by atoms with Gasteiger partial charge in [0.15, 0.2) is 0 Å². The maximum absolute atomic E-state index is 9.10. The maximum Gasteiger partial charge on any atom is 0.146 e. The Kier molecular flexibility index (Phi) is 3.87. The van der Waals surface area contributed by atoms with E-state index >= 15 is 0 Å². The van der Waals surface area contributed by atoms with E-state index in [4.69, 9.17) is 5.26 Å². The SMILES string of the molecule is CCN(Cc1ccccn1)c1ncccc1C#N. The van der Waals surface area contributed by atoms with Crippen LogP contribution in [0.15, 0.2) is 42.7 Å². The van der Waals surface area contributed by atoms with E-state index in [1.165, 1.54) is 0 Å². The standard InChI is InChI=1S/C14H14N4/c1-2-18(11-13-7-3-4-8-16-13)14-12(10-15)6-5-9-17-14/h3-9H,2,11H2,1H3. The van der Waals surface area contributed by atoms with Gasteiger partial charge in [0.2, 0.25) is 0 Å². The molecule has 0 aliphatic carbocycles. The molecule has 0 radical (unpaired) electrons. The Hall–Kier alpha value is -2.41. The predicted octanol–water partition coefficient (Wildman–Crippen LogP) is 2.37. The van der Waals surface area contributed by atoms with Crippen LogP contribution in [0.2, 0.25) is 0 Å². The van der Waals surface area contributed by atoms with Crippen LogP contribution in [-0.2, 0) is 6.54 Å². The second-order valence-corrected chi connectivity index (χ2v) is 3.82. The summed E-state index contributed by atoms with van der Waals surface area (Å²) in [6.45, 7) is 3.48. The van der Waals surface area contributed by atoms with Crippen molar-refractivity contribution < 1.29 is 0 Å². The Morgan fingerprint density at radius 1 is 1.17 bits per heavy atom. The van der Waals surface area contributed by atoms with Crippen molar-refractivity contribution in [2.45, 2.75) is 13.5 Å². The first kappa shape index (κ1) is 12.1. The van der Waals surface area contributed by atoms with Crippen LogP contribution in [0.3, 0.4) is 0 Å². The highest BCUT2D eigenvalue weighted by molar-refractivity contribution is 5.53. The lowest BCUT2D eigenvalue weighted by Crippen LogP contribution is -2.24. The van der Waals surface area contributed by atoms with Crippen molar-refractivity contribution in [3.63, 3.8) is 0 Å². The van der Waals surface area contributed by atoms with Crippen LogP contribution in [0.5, 0.6) is 0 Å². The van der Waals surface area contributed by atoms with Crippen LogP contribution >= 0.6 is 0 Å². The fraction of sp³-hybridized carbons (Fsp3) is 0.214. The largest absolute Gasteiger partial charge is 0.350 e. The molecule has 0 spiro atoms. The Morgan fingerprint density at radius 2 is 2.00 bits per heavy atom. The fourth-order valence-electron chi connectivity index (χ4n) is 1.76. The molecule has 0 aliphatic heterocycles. The molecule has 2 aromatic rings. The number of aromatic nitrogens is 2. The Labute approximate surface area is 107 Å². The van der Waals surface area contributed by atoms with Crippen molar-refractivity contribution in [3.8, 4) is 6.07 Å². The number of nitrogens with zero attached hydrogens (tertiary/aromatic N) is 4. The molecule has 4 nitrogen and oxygen atoms in total. The quantitative estimate of drug-likeness (QED) is 0.820.